The van der Waals surface area contributed by atoms with Gasteiger partial charge in [0.25, 0.3) is 0 Å². The molecule has 0 saturated heterocycles. The second kappa shape index (κ2) is 6.19. The molecule has 0 N–H and O–H groups in total. The highest BCUT2D eigenvalue weighted by Crippen LogP contribution is 2.38. The van der Waals surface area contributed by atoms with Crippen LogP contribution in [-0.2, 0) is 12.3 Å². The molecule has 0 saturated carbocycles. The number of alkyl halides is 5. The maximum absolute atomic E-state index is 13.9. The Morgan fingerprint density at radius 3 is 1.48 bits per heavy atom. The Morgan fingerprint density at radius 1 is 0.680 bits per heavy atom. The highest BCUT2D eigenvalue weighted by molar-refractivity contribution is 6.32. The first-order valence-corrected chi connectivity index (χ1v) is 6.42. The van der Waals surface area contributed by atoms with Gasteiger partial charge in [0.1, 0.15) is 48.0 Å². The molecule has 2 aromatic carbocycles. The fraction of sp³-hybridized carbons (Fsp3) is 0.143. The smallest absolute Gasteiger partial charge is 0.429 e. The Bertz CT molecular complexity index is 770. The molecule has 0 fully saturated rings. The van der Waals surface area contributed by atoms with Gasteiger partial charge >= 0.3 is 12.3 Å². The molecule has 0 amide bonds. The van der Waals surface area contributed by atoms with Crippen LogP contribution >= 0.6 is 0 Å². The molecule has 1 nitrogen and oxygen atoms in total. The number of ether oxygens (including phenoxy) is 1. The number of rotatable bonds is 3. The lowest BCUT2D eigenvalue weighted by Gasteiger charge is -2.20. The summed E-state index contributed by atoms with van der Waals surface area (Å²) in [6.45, 7) is 0. The lowest BCUT2D eigenvalue weighted by atomic mass is 9.94. The van der Waals surface area contributed by atoms with Gasteiger partial charge in [-0.15, -0.1) is 0 Å². The van der Waals surface area contributed by atoms with Crippen molar-refractivity contribution < 1.29 is 44.3 Å². The Morgan fingerprint density at radius 2 is 1.08 bits per heavy atom. The van der Waals surface area contributed by atoms with Gasteiger partial charge in [-0.25, -0.2) is 17.6 Å². The van der Waals surface area contributed by atoms with Crippen molar-refractivity contribution in [3.63, 3.8) is 0 Å². The third-order valence-electron chi connectivity index (χ3n) is 3.02. The second-order valence-electron chi connectivity index (χ2n) is 4.98. The van der Waals surface area contributed by atoms with Gasteiger partial charge in [-0.3, -0.25) is 0 Å². The van der Waals surface area contributed by atoms with Crippen LogP contribution in [0.5, 0.6) is 5.75 Å². The topological polar surface area (TPSA) is 9.23 Å². The Balaban J connectivity index is 2.46. The molecule has 0 unspecified atom stereocenters. The average molecular weight is 372 g/mol. The summed E-state index contributed by atoms with van der Waals surface area (Å²) in [6, 6.07) is 0.792. The van der Waals surface area contributed by atoms with Gasteiger partial charge in [0.2, 0.25) is 0 Å². The van der Waals surface area contributed by atoms with Crippen LogP contribution in [0.4, 0.5) is 39.5 Å². The van der Waals surface area contributed by atoms with Crippen molar-refractivity contribution >= 4 is 13.3 Å². The highest BCUT2D eigenvalue weighted by atomic mass is 19.4. The molecule has 0 spiro atoms. The summed E-state index contributed by atoms with van der Waals surface area (Å²) in [5, 5.41) is 0. The van der Waals surface area contributed by atoms with E-state index in [4.69, 9.17) is 0 Å². The van der Waals surface area contributed by atoms with Crippen LogP contribution in [0.3, 0.4) is 0 Å². The molecule has 2 rings (SSSR count). The molecule has 25 heavy (non-hydrogen) atoms. The van der Waals surface area contributed by atoms with Gasteiger partial charge in [0, 0.05) is 12.1 Å². The Labute approximate surface area is 135 Å². The van der Waals surface area contributed by atoms with Crippen LogP contribution < -0.4 is 10.2 Å². The van der Waals surface area contributed by atoms with Crippen molar-refractivity contribution in [1.29, 1.82) is 0 Å². The summed E-state index contributed by atoms with van der Waals surface area (Å²) in [5.74, 6) is -9.22. The molecule has 0 radical (unpaired) electrons. The van der Waals surface area contributed by atoms with Crippen LogP contribution in [0.1, 0.15) is 11.1 Å². The minimum Gasteiger partial charge on any atom is -0.429 e. The maximum atomic E-state index is 13.9. The first-order chi connectivity index (χ1) is 11.3. The fourth-order valence-electron chi connectivity index (χ4n) is 2.06. The molecular formula is C14H6BF9O. The molecule has 134 valence electrons. The molecule has 0 atom stereocenters. The van der Waals surface area contributed by atoms with E-state index >= 15 is 0 Å². The maximum Gasteiger partial charge on any atom is 0.432 e. The predicted octanol–water partition coefficient (Wildman–Crippen LogP) is 3.65. The van der Waals surface area contributed by atoms with E-state index in [1.54, 1.807) is 0 Å². The van der Waals surface area contributed by atoms with Crippen molar-refractivity contribution in [2.75, 3.05) is 0 Å². The van der Waals surface area contributed by atoms with Crippen LogP contribution in [0.2, 0.25) is 0 Å². The Kier molecular flexibility index (Phi) is 4.71. The van der Waals surface area contributed by atoms with Gasteiger partial charge in [0.05, 0.1) is 0 Å². The highest BCUT2D eigenvalue weighted by Gasteiger charge is 2.42. The minimum absolute atomic E-state index is 0.0267. The summed E-state index contributed by atoms with van der Waals surface area (Å²) < 4.78 is 123. The van der Waals surface area contributed by atoms with Crippen molar-refractivity contribution in [3.05, 3.63) is 58.7 Å². The van der Waals surface area contributed by atoms with Crippen LogP contribution in [0.15, 0.2) is 24.3 Å². The zero-order chi connectivity index (χ0) is 19.2. The van der Waals surface area contributed by atoms with E-state index < -0.39 is 52.4 Å². The molecule has 2 aromatic rings. The van der Waals surface area contributed by atoms with E-state index in [-0.39, 0.29) is 17.6 Å². The molecule has 11 heteroatoms. The zero-order valence-corrected chi connectivity index (χ0v) is 12.1. The Hall–Kier alpha value is -2.33. The van der Waals surface area contributed by atoms with Crippen LogP contribution in [-0.4, -0.2) is 7.85 Å². The van der Waals surface area contributed by atoms with Gasteiger partial charge < -0.3 is 4.74 Å². The summed E-state index contributed by atoms with van der Waals surface area (Å²) in [5.41, 5.74) is -4.18. The van der Waals surface area contributed by atoms with Gasteiger partial charge in [-0.1, -0.05) is 5.46 Å². The standard InChI is InChI=1S/C14H6BF9O/c15-5-1-7(16)12(8(17)2-5)14(23,24)25-6-3-9(18)11(10(19)4-6)13(20,21)22/h1-4H,15H2. The third kappa shape index (κ3) is 3.85. The molecule has 0 bridgehead atoms. The molecule has 0 aliphatic carbocycles. The SMILES string of the molecule is Bc1cc(F)c(C(F)(F)Oc2cc(F)c(C(F)(F)F)c(F)c2)c(F)c1. The minimum atomic E-state index is -5.41. The van der Waals surface area contributed by atoms with E-state index in [9.17, 15) is 39.5 Å². The van der Waals surface area contributed by atoms with Gasteiger partial charge in [-0.05, 0) is 12.1 Å². The van der Waals surface area contributed by atoms with E-state index in [1.807, 2.05) is 0 Å². The van der Waals surface area contributed by atoms with E-state index in [2.05, 4.69) is 4.74 Å². The van der Waals surface area contributed by atoms with Crippen LogP contribution in [0.25, 0.3) is 0 Å². The summed E-state index contributed by atoms with van der Waals surface area (Å²) in [4.78, 5) is 0. The van der Waals surface area contributed by atoms with Crippen molar-refractivity contribution in [1.82, 2.24) is 0 Å². The van der Waals surface area contributed by atoms with Crippen molar-refractivity contribution in [2.45, 2.75) is 12.3 Å². The molecule has 0 aliphatic rings. The fourth-order valence-corrected chi connectivity index (χ4v) is 2.06. The molecule has 0 aromatic heterocycles. The first kappa shape index (κ1) is 19.0. The summed E-state index contributed by atoms with van der Waals surface area (Å²) >= 11 is 0. The average Bonchev–Trinajstić information content (AvgIpc) is 2.32. The lowest BCUT2D eigenvalue weighted by Crippen LogP contribution is -2.27. The largest absolute Gasteiger partial charge is 0.432 e. The number of benzene rings is 2. The third-order valence-corrected chi connectivity index (χ3v) is 3.02. The second-order valence-corrected chi connectivity index (χ2v) is 4.98. The van der Waals surface area contributed by atoms with Gasteiger partial charge in [0.15, 0.2) is 0 Å². The number of hydrogen-bond donors (Lipinski definition) is 0. The summed E-state index contributed by atoms with van der Waals surface area (Å²) in [6.07, 6.45) is -10.1. The van der Waals surface area contributed by atoms with E-state index in [0.29, 0.717) is 12.1 Å². The predicted molar refractivity (Wildman–Crippen MR) is 70.4 cm³/mol. The normalized spacial score (nSPS) is 12.4. The van der Waals surface area contributed by atoms with Crippen LogP contribution in [0, 0.1) is 23.3 Å². The van der Waals surface area contributed by atoms with E-state index in [1.165, 1.54) is 7.85 Å². The molecule has 0 aliphatic heterocycles. The zero-order valence-electron chi connectivity index (χ0n) is 12.1. The number of halogens is 9. The van der Waals surface area contributed by atoms with Crippen molar-refractivity contribution in [2.24, 2.45) is 0 Å². The molecule has 0 heterocycles. The van der Waals surface area contributed by atoms with Crippen molar-refractivity contribution in [3.8, 4) is 5.75 Å². The molecular weight excluding hydrogens is 366 g/mol. The summed E-state index contributed by atoms with van der Waals surface area (Å²) in [7, 11) is 1.22. The quantitative estimate of drug-likeness (QED) is 0.591. The monoisotopic (exact) mass is 372 g/mol. The first-order valence-electron chi connectivity index (χ1n) is 6.42. The van der Waals surface area contributed by atoms with Gasteiger partial charge in [-0.2, -0.15) is 22.0 Å². The van der Waals surface area contributed by atoms with E-state index in [0.717, 1.165) is 0 Å². The number of hydrogen-bond acceptors (Lipinski definition) is 1. The lowest BCUT2D eigenvalue weighted by molar-refractivity contribution is -0.189.